The van der Waals surface area contributed by atoms with E-state index in [-0.39, 0.29) is 13.2 Å². The molecular weight excluding hydrogens is 428 g/mol. The second-order valence-corrected chi connectivity index (χ2v) is 7.08. The van der Waals surface area contributed by atoms with Gasteiger partial charge in [0.05, 0.1) is 26.4 Å². The maximum absolute atomic E-state index is 8.86. The summed E-state index contributed by atoms with van der Waals surface area (Å²) in [6.45, 7) is 16.7. The van der Waals surface area contributed by atoms with E-state index in [4.69, 9.17) is 19.7 Å². The molecule has 0 atom stereocenters. The van der Waals surface area contributed by atoms with E-state index in [9.17, 15) is 0 Å². The minimum Gasteiger partial charge on any atom is -0.395 e. The maximum Gasteiger partial charge on any atom is 0.0637 e. The van der Waals surface area contributed by atoms with Crippen LogP contribution in [0.4, 0.5) is 11.4 Å². The van der Waals surface area contributed by atoms with E-state index >= 15 is 0 Å². The molecule has 2 rings (SSSR count). The molecule has 2 aromatic rings. The Morgan fingerprint density at radius 1 is 0.559 bits per heavy atom. The maximum atomic E-state index is 8.86. The zero-order valence-corrected chi connectivity index (χ0v) is 22.9. The van der Waals surface area contributed by atoms with Gasteiger partial charge in [-0.25, -0.2) is 0 Å². The molecule has 0 aromatic heterocycles. The molecule has 0 spiro atoms. The predicted molar refractivity (Wildman–Crippen MR) is 147 cm³/mol. The molecule has 0 fully saturated rings. The highest BCUT2D eigenvalue weighted by atomic mass is 16.5. The van der Waals surface area contributed by atoms with Crippen LogP contribution < -0.4 is 9.80 Å². The highest BCUT2D eigenvalue weighted by Gasteiger charge is 2.05. The summed E-state index contributed by atoms with van der Waals surface area (Å²) in [5.41, 5.74) is 4.75. The van der Waals surface area contributed by atoms with Crippen LogP contribution in [0.3, 0.4) is 0 Å². The fourth-order valence-corrected chi connectivity index (χ4v) is 2.90. The first-order chi connectivity index (χ1) is 16.5. The number of anilines is 2. The van der Waals surface area contributed by atoms with Gasteiger partial charge in [-0.3, -0.25) is 0 Å². The summed E-state index contributed by atoms with van der Waals surface area (Å²) < 4.78 is 10.2. The average Bonchev–Trinajstić information content (AvgIpc) is 2.88. The molecule has 0 aliphatic carbocycles. The highest BCUT2D eigenvalue weighted by molar-refractivity contribution is 5.48. The summed E-state index contributed by atoms with van der Waals surface area (Å²) >= 11 is 0. The molecule has 0 amide bonds. The molecule has 0 saturated carbocycles. The van der Waals surface area contributed by atoms with Crippen LogP contribution in [-0.4, -0.2) is 77.0 Å². The normalized spacial score (nSPS) is 9.47. The summed E-state index contributed by atoms with van der Waals surface area (Å²) in [5.74, 6) is 0. The Morgan fingerprint density at radius 3 is 1.12 bits per heavy atom. The molecule has 0 aliphatic rings. The molecule has 34 heavy (non-hydrogen) atoms. The van der Waals surface area contributed by atoms with E-state index in [1.807, 2.05) is 63.8 Å². The van der Waals surface area contributed by atoms with Gasteiger partial charge in [0.2, 0.25) is 0 Å². The molecule has 196 valence electrons. The number of aliphatic hydroxyl groups is 2. The Bertz CT molecular complexity index is 649. The van der Waals surface area contributed by atoms with Crippen LogP contribution in [0.1, 0.15) is 38.8 Å². The lowest BCUT2D eigenvalue weighted by molar-refractivity contribution is 0.190. The number of nitrogens with zero attached hydrogens (tertiary/aromatic N) is 2. The Hall–Kier alpha value is -2.12. The Balaban J connectivity index is 0. The lowest BCUT2D eigenvalue weighted by Crippen LogP contribution is -2.30. The topological polar surface area (TPSA) is 65.4 Å². The van der Waals surface area contributed by atoms with E-state index in [1.165, 1.54) is 16.8 Å². The van der Waals surface area contributed by atoms with Crippen LogP contribution in [0.5, 0.6) is 0 Å². The van der Waals surface area contributed by atoms with Gasteiger partial charge < -0.3 is 29.5 Å². The highest BCUT2D eigenvalue weighted by Crippen LogP contribution is 2.15. The summed E-state index contributed by atoms with van der Waals surface area (Å²) in [6, 6.07) is 16.6. The second-order valence-electron chi connectivity index (χ2n) is 7.08. The van der Waals surface area contributed by atoms with Gasteiger partial charge in [0.25, 0.3) is 0 Å². The van der Waals surface area contributed by atoms with Crippen LogP contribution in [0.25, 0.3) is 0 Å². The number of hydrogen-bond acceptors (Lipinski definition) is 6. The van der Waals surface area contributed by atoms with Crippen molar-refractivity contribution in [3.8, 4) is 0 Å². The standard InChI is InChI=1S/C13H21NO2.C11H17NO2.2C2H6/c1-12-4-6-13(7-5-12)14(8-10-15-2)9-11-16-3;1-10-2-4-11(5-3-10)12(6-8-13)7-9-14;2*1-2/h4-7H,8-11H2,1-3H3;2-5,13-14H,6-9H2,1H3;2*1-2H3. The fourth-order valence-electron chi connectivity index (χ4n) is 2.90. The molecule has 2 aromatic carbocycles. The van der Waals surface area contributed by atoms with Gasteiger partial charge >= 0.3 is 0 Å². The van der Waals surface area contributed by atoms with E-state index in [0.717, 1.165) is 32.0 Å². The van der Waals surface area contributed by atoms with Gasteiger partial charge in [-0.05, 0) is 38.1 Å². The third-order valence-electron chi connectivity index (χ3n) is 4.67. The van der Waals surface area contributed by atoms with Crippen molar-refractivity contribution in [2.24, 2.45) is 0 Å². The lowest BCUT2D eigenvalue weighted by atomic mass is 10.2. The van der Waals surface area contributed by atoms with Crippen LogP contribution in [-0.2, 0) is 9.47 Å². The van der Waals surface area contributed by atoms with E-state index in [0.29, 0.717) is 13.1 Å². The van der Waals surface area contributed by atoms with Gasteiger partial charge in [-0.15, -0.1) is 0 Å². The van der Waals surface area contributed by atoms with Crippen molar-refractivity contribution in [1.82, 2.24) is 0 Å². The van der Waals surface area contributed by atoms with Crippen molar-refractivity contribution in [2.75, 3.05) is 76.6 Å². The van der Waals surface area contributed by atoms with Crippen LogP contribution in [0.2, 0.25) is 0 Å². The SMILES string of the molecule is CC.CC.COCCN(CCOC)c1ccc(C)cc1.Cc1ccc(N(CCO)CCO)cc1. The zero-order valence-electron chi connectivity index (χ0n) is 22.9. The number of ether oxygens (including phenoxy) is 2. The average molecular weight is 479 g/mol. The first-order valence-electron chi connectivity index (χ1n) is 12.4. The summed E-state index contributed by atoms with van der Waals surface area (Å²) in [6.07, 6.45) is 0. The van der Waals surface area contributed by atoms with Crippen molar-refractivity contribution >= 4 is 11.4 Å². The van der Waals surface area contributed by atoms with Crippen LogP contribution in [0.15, 0.2) is 48.5 Å². The van der Waals surface area contributed by atoms with Crippen molar-refractivity contribution in [3.63, 3.8) is 0 Å². The largest absolute Gasteiger partial charge is 0.395 e. The molecule has 6 nitrogen and oxygen atoms in total. The van der Waals surface area contributed by atoms with Crippen LogP contribution in [0, 0.1) is 13.8 Å². The summed E-state index contributed by atoms with van der Waals surface area (Å²) in [5, 5.41) is 17.7. The third kappa shape index (κ3) is 15.7. The number of aryl methyl sites for hydroxylation is 2. The predicted octanol–water partition coefficient (Wildman–Crippen LogP) is 4.93. The monoisotopic (exact) mass is 478 g/mol. The number of aliphatic hydroxyl groups excluding tert-OH is 2. The number of methoxy groups -OCH3 is 2. The quantitative estimate of drug-likeness (QED) is 0.451. The van der Waals surface area contributed by atoms with E-state index < -0.39 is 0 Å². The molecule has 0 bridgehead atoms. The van der Waals surface area contributed by atoms with Crippen molar-refractivity contribution in [2.45, 2.75) is 41.5 Å². The molecule has 0 aliphatic heterocycles. The van der Waals surface area contributed by atoms with Crippen LogP contribution >= 0.6 is 0 Å². The molecule has 2 N–H and O–H groups in total. The van der Waals surface area contributed by atoms with Gasteiger partial charge in [0.1, 0.15) is 0 Å². The van der Waals surface area contributed by atoms with Crippen molar-refractivity contribution in [1.29, 1.82) is 0 Å². The fraction of sp³-hybridized carbons (Fsp3) is 0.571. The molecule has 0 heterocycles. The summed E-state index contributed by atoms with van der Waals surface area (Å²) in [4.78, 5) is 4.23. The molecule has 6 heteroatoms. The van der Waals surface area contributed by atoms with Gasteiger partial charge in [-0.1, -0.05) is 63.1 Å². The molecule has 0 unspecified atom stereocenters. The van der Waals surface area contributed by atoms with E-state index in [1.54, 1.807) is 14.2 Å². The van der Waals surface area contributed by atoms with Gasteiger partial charge in [0, 0.05) is 51.8 Å². The minimum absolute atomic E-state index is 0.105. The van der Waals surface area contributed by atoms with Crippen molar-refractivity contribution < 1.29 is 19.7 Å². The smallest absolute Gasteiger partial charge is 0.0637 e. The summed E-state index contributed by atoms with van der Waals surface area (Å²) in [7, 11) is 3.45. The number of hydrogen-bond donors (Lipinski definition) is 2. The number of benzene rings is 2. The Morgan fingerprint density at radius 2 is 0.853 bits per heavy atom. The lowest BCUT2D eigenvalue weighted by Gasteiger charge is -2.24. The first-order valence-corrected chi connectivity index (χ1v) is 12.4. The van der Waals surface area contributed by atoms with Gasteiger partial charge in [-0.2, -0.15) is 0 Å². The third-order valence-corrected chi connectivity index (χ3v) is 4.67. The number of rotatable bonds is 12. The molecule has 0 saturated heterocycles. The van der Waals surface area contributed by atoms with Gasteiger partial charge in [0.15, 0.2) is 0 Å². The Kier molecular flexibility index (Phi) is 24.1. The minimum atomic E-state index is 0.105. The zero-order chi connectivity index (χ0) is 26.2. The second kappa shape index (κ2) is 24.0. The molecule has 0 radical (unpaired) electrons. The first kappa shape index (κ1) is 34.0. The van der Waals surface area contributed by atoms with Crippen molar-refractivity contribution in [3.05, 3.63) is 59.7 Å². The molecular formula is C28H50N2O4. The Labute approximate surface area is 209 Å². The van der Waals surface area contributed by atoms with E-state index in [2.05, 4.69) is 36.1 Å².